The second-order valence-corrected chi connectivity index (χ2v) is 7.34. The molecular formula is C20H20N4O2S. The van der Waals surface area contributed by atoms with Crippen LogP contribution in [0.4, 0.5) is 5.00 Å². The van der Waals surface area contributed by atoms with Gasteiger partial charge in [0.05, 0.1) is 19.4 Å². The van der Waals surface area contributed by atoms with Gasteiger partial charge in [-0.05, 0) is 29.8 Å². The van der Waals surface area contributed by atoms with Gasteiger partial charge < -0.3 is 10.1 Å². The molecule has 1 N–H and O–H groups in total. The van der Waals surface area contributed by atoms with Gasteiger partial charge in [0, 0.05) is 43.2 Å². The predicted octanol–water partition coefficient (Wildman–Crippen LogP) is 3.29. The lowest BCUT2D eigenvalue weighted by atomic mass is 10.1. The number of hydrogen-bond donors (Lipinski definition) is 1. The highest BCUT2D eigenvalue weighted by Gasteiger charge is 2.12. The van der Waals surface area contributed by atoms with Crippen molar-refractivity contribution in [2.24, 2.45) is 0 Å². The lowest BCUT2D eigenvalue weighted by molar-refractivity contribution is 0.0342. The van der Waals surface area contributed by atoms with Crippen LogP contribution in [0.3, 0.4) is 0 Å². The molecule has 1 saturated heterocycles. The van der Waals surface area contributed by atoms with Gasteiger partial charge in [0.1, 0.15) is 10.0 Å². The van der Waals surface area contributed by atoms with E-state index in [1.165, 1.54) is 16.9 Å². The van der Waals surface area contributed by atoms with Gasteiger partial charge in [-0.1, -0.05) is 23.5 Å². The maximum atomic E-state index is 12.5. The molecule has 3 aromatic rings. The highest BCUT2D eigenvalue weighted by atomic mass is 32.1. The van der Waals surface area contributed by atoms with Gasteiger partial charge in [-0.3, -0.25) is 14.7 Å². The maximum absolute atomic E-state index is 12.5. The van der Waals surface area contributed by atoms with Crippen LogP contribution >= 0.6 is 11.3 Å². The van der Waals surface area contributed by atoms with E-state index in [1.54, 1.807) is 18.6 Å². The second-order valence-electron chi connectivity index (χ2n) is 6.31. The number of rotatable bonds is 5. The molecule has 2 aromatic heterocycles. The largest absolute Gasteiger partial charge is 0.379 e. The van der Waals surface area contributed by atoms with E-state index in [9.17, 15) is 4.79 Å². The molecule has 0 spiro atoms. The van der Waals surface area contributed by atoms with Crippen LogP contribution in [-0.2, 0) is 11.3 Å². The minimum absolute atomic E-state index is 0.127. The molecule has 1 amide bonds. The van der Waals surface area contributed by atoms with Crippen LogP contribution in [0, 0.1) is 0 Å². The first-order valence-corrected chi connectivity index (χ1v) is 9.66. The zero-order valence-corrected chi connectivity index (χ0v) is 15.6. The third kappa shape index (κ3) is 4.57. The van der Waals surface area contributed by atoms with Gasteiger partial charge in [-0.15, -0.1) is 0 Å². The van der Waals surface area contributed by atoms with Crippen molar-refractivity contribution < 1.29 is 9.53 Å². The van der Waals surface area contributed by atoms with Crippen molar-refractivity contribution >= 4 is 22.2 Å². The molecule has 27 heavy (non-hydrogen) atoms. The molecule has 1 aromatic carbocycles. The van der Waals surface area contributed by atoms with Crippen LogP contribution in [0.1, 0.15) is 15.9 Å². The Bertz CT molecular complexity index is 890. The van der Waals surface area contributed by atoms with E-state index in [0.717, 1.165) is 48.4 Å². The lowest BCUT2D eigenvalue weighted by Gasteiger charge is -2.26. The number of aromatic nitrogens is 2. The van der Waals surface area contributed by atoms with Gasteiger partial charge in [-0.25, -0.2) is 4.98 Å². The van der Waals surface area contributed by atoms with Gasteiger partial charge in [-0.2, -0.15) is 0 Å². The lowest BCUT2D eigenvalue weighted by Crippen LogP contribution is -2.35. The SMILES string of the molecule is O=C(Nc1cnc(-c2ccncc2)s1)c1ccc(CN2CCOCC2)cc1. The fourth-order valence-corrected chi connectivity index (χ4v) is 3.74. The summed E-state index contributed by atoms with van der Waals surface area (Å²) in [6, 6.07) is 11.6. The number of nitrogens with one attached hydrogen (secondary N) is 1. The van der Waals surface area contributed by atoms with E-state index in [4.69, 9.17) is 4.74 Å². The Morgan fingerprint density at radius 3 is 2.59 bits per heavy atom. The number of carbonyl (C=O) groups is 1. The molecule has 3 heterocycles. The first-order valence-electron chi connectivity index (χ1n) is 8.84. The van der Waals surface area contributed by atoms with E-state index >= 15 is 0 Å². The van der Waals surface area contributed by atoms with Crippen LogP contribution < -0.4 is 5.32 Å². The van der Waals surface area contributed by atoms with Crippen LogP contribution in [-0.4, -0.2) is 47.1 Å². The van der Waals surface area contributed by atoms with Crippen molar-refractivity contribution in [1.82, 2.24) is 14.9 Å². The third-order valence-electron chi connectivity index (χ3n) is 4.40. The summed E-state index contributed by atoms with van der Waals surface area (Å²) < 4.78 is 5.37. The fourth-order valence-electron chi connectivity index (χ4n) is 2.92. The van der Waals surface area contributed by atoms with Crippen molar-refractivity contribution in [3.05, 3.63) is 66.1 Å². The van der Waals surface area contributed by atoms with Crippen molar-refractivity contribution in [2.75, 3.05) is 31.6 Å². The smallest absolute Gasteiger partial charge is 0.256 e. The van der Waals surface area contributed by atoms with E-state index in [1.807, 2.05) is 36.4 Å². The molecule has 1 fully saturated rings. The Morgan fingerprint density at radius 1 is 1.11 bits per heavy atom. The Balaban J connectivity index is 1.37. The molecule has 0 unspecified atom stereocenters. The molecule has 1 aliphatic heterocycles. The molecule has 138 valence electrons. The summed E-state index contributed by atoms with van der Waals surface area (Å²) in [7, 11) is 0. The minimum atomic E-state index is -0.127. The van der Waals surface area contributed by atoms with E-state index in [2.05, 4.69) is 20.2 Å². The fraction of sp³-hybridized carbons (Fsp3) is 0.250. The number of morpholine rings is 1. The summed E-state index contributed by atoms with van der Waals surface area (Å²) in [6.45, 7) is 4.36. The quantitative estimate of drug-likeness (QED) is 0.736. The van der Waals surface area contributed by atoms with Gasteiger partial charge in [0.15, 0.2) is 0 Å². The highest BCUT2D eigenvalue weighted by molar-refractivity contribution is 7.19. The number of ether oxygens (including phenoxy) is 1. The highest BCUT2D eigenvalue weighted by Crippen LogP contribution is 2.28. The average molecular weight is 380 g/mol. The number of anilines is 1. The number of benzene rings is 1. The average Bonchev–Trinajstić information content (AvgIpc) is 3.18. The van der Waals surface area contributed by atoms with E-state index in [0.29, 0.717) is 5.56 Å². The molecule has 1 aliphatic rings. The summed E-state index contributed by atoms with van der Waals surface area (Å²) in [5, 5.41) is 4.50. The van der Waals surface area contributed by atoms with Crippen molar-refractivity contribution in [3.63, 3.8) is 0 Å². The summed E-state index contributed by atoms with van der Waals surface area (Å²) in [5.74, 6) is -0.127. The van der Waals surface area contributed by atoms with Crippen LogP contribution in [0.15, 0.2) is 55.0 Å². The summed E-state index contributed by atoms with van der Waals surface area (Å²) in [5.41, 5.74) is 2.83. The molecule has 0 aliphatic carbocycles. The molecule has 4 rings (SSSR count). The first kappa shape index (κ1) is 17.8. The number of pyridine rings is 1. The Kier molecular flexibility index (Phi) is 5.53. The van der Waals surface area contributed by atoms with Crippen LogP contribution in [0.25, 0.3) is 10.6 Å². The molecule has 0 saturated carbocycles. The van der Waals surface area contributed by atoms with Crippen molar-refractivity contribution in [2.45, 2.75) is 6.54 Å². The monoisotopic (exact) mass is 380 g/mol. The molecule has 0 radical (unpaired) electrons. The topological polar surface area (TPSA) is 67.4 Å². The van der Waals surface area contributed by atoms with Crippen molar-refractivity contribution in [1.29, 1.82) is 0 Å². The van der Waals surface area contributed by atoms with E-state index in [-0.39, 0.29) is 5.91 Å². The Morgan fingerprint density at radius 2 is 1.85 bits per heavy atom. The summed E-state index contributed by atoms with van der Waals surface area (Å²) in [6.07, 6.45) is 5.14. The Hall–Kier alpha value is -2.61. The van der Waals surface area contributed by atoms with E-state index < -0.39 is 0 Å². The Labute approximate surface area is 161 Å². The second kappa shape index (κ2) is 8.39. The van der Waals surface area contributed by atoms with Crippen LogP contribution in [0.2, 0.25) is 0 Å². The normalized spacial score (nSPS) is 14.8. The van der Waals surface area contributed by atoms with Gasteiger partial charge in [0.2, 0.25) is 0 Å². The minimum Gasteiger partial charge on any atom is -0.379 e. The van der Waals surface area contributed by atoms with Gasteiger partial charge in [0.25, 0.3) is 5.91 Å². The third-order valence-corrected chi connectivity index (χ3v) is 5.36. The molecule has 0 atom stereocenters. The first-order chi connectivity index (χ1) is 13.3. The standard InChI is InChI=1S/C20H20N4O2S/c25-19(23-18-13-22-20(27-18)17-5-7-21-8-6-17)16-3-1-15(2-4-16)14-24-9-11-26-12-10-24/h1-8,13H,9-12,14H2,(H,23,25). The molecule has 0 bridgehead atoms. The molecular weight excluding hydrogens is 360 g/mol. The predicted molar refractivity (Wildman–Crippen MR) is 106 cm³/mol. The number of nitrogens with zero attached hydrogens (tertiary/aromatic N) is 3. The maximum Gasteiger partial charge on any atom is 0.256 e. The number of amides is 1. The van der Waals surface area contributed by atoms with Crippen LogP contribution in [0.5, 0.6) is 0 Å². The number of hydrogen-bond acceptors (Lipinski definition) is 6. The summed E-state index contributed by atoms with van der Waals surface area (Å²) >= 11 is 1.45. The summed E-state index contributed by atoms with van der Waals surface area (Å²) in [4.78, 5) is 23.2. The molecule has 6 nitrogen and oxygen atoms in total. The number of carbonyl (C=O) groups excluding carboxylic acids is 1. The zero-order valence-electron chi connectivity index (χ0n) is 14.8. The van der Waals surface area contributed by atoms with Crippen molar-refractivity contribution in [3.8, 4) is 10.6 Å². The van der Waals surface area contributed by atoms with Gasteiger partial charge >= 0.3 is 0 Å². The number of thiazole rings is 1. The zero-order chi connectivity index (χ0) is 18.5. The molecule has 7 heteroatoms.